The summed E-state index contributed by atoms with van der Waals surface area (Å²) in [5.74, 6) is -0.202. The van der Waals surface area contributed by atoms with Gasteiger partial charge in [-0.05, 0) is 42.3 Å². The molecule has 2 unspecified atom stereocenters. The summed E-state index contributed by atoms with van der Waals surface area (Å²) in [5, 5.41) is 3.47. The molecule has 2 atom stereocenters. The van der Waals surface area contributed by atoms with Crippen LogP contribution in [0.15, 0.2) is 53.4 Å². The van der Waals surface area contributed by atoms with Crippen molar-refractivity contribution in [2.45, 2.75) is 37.2 Å². The van der Waals surface area contributed by atoms with Crippen LogP contribution in [-0.2, 0) is 14.8 Å². The van der Waals surface area contributed by atoms with Crippen molar-refractivity contribution in [1.82, 2.24) is 15.2 Å². The van der Waals surface area contributed by atoms with E-state index in [1.807, 2.05) is 24.3 Å². The molecule has 0 bridgehead atoms. The lowest BCUT2D eigenvalue weighted by Crippen LogP contribution is -2.39. The van der Waals surface area contributed by atoms with Crippen LogP contribution in [-0.4, -0.2) is 37.8 Å². The van der Waals surface area contributed by atoms with Crippen molar-refractivity contribution in [1.29, 1.82) is 0 Å². The number of nitrogens with one attached hydrogen (secondary N) is 3. The summed E-state index contributed by atoms with van der Waals surface area (Å²) < 4.78 is 26.5. The minimum Gasteiger partial charge on any atom is -0.325 e. The maximum absolute atomic E-state index is 12.6. The number of benzene rings is 2. The largest absolute Gasteiger partial charge is 0.325 e. The lowest BCUT2D eigenvalue weighted by atomic mass is 10.0. The van der Waals surface area contributed by atoms with Gasteiger partial charge in [-0.2, -0.15) is 4.31 Å². The molecule has 1 aliphatic rings. The van der Waals surface area contributed by atoms with Crippen molar-refractivity contribution < 1.29 is 13.2 Å². The van der Waals surface area contributed by atoms with Crippen LogP contribution in [0.3, 0.4) is 0 Å². The first-order valence-electron chi connectivity index (χ1n) is 9.53. The number of anilines is 1. The minimum absolute atomic E-state index is 0.0685. The molecular weight excluding hydrogens is 412 g/mol. The van der Waals surface area contributed by atoms with E-state index in [0.717, 1.165) is 5.56 Å². The van der Waals surface area contributed by atoms with E-state index in [-0.39, 0.29) is 16.8 Å². The second kappa shape index (κ2) is 9.23. The van der Waals surface area contributed by atoms with E-state index < -0.39 is 16.1 Å². The average Bonchev–Trinajstić information content (AvgIpc) is 3.19. The normalized spacial score (nSPS) is 19.4. The number of carbonyl (C=O) groups is 1. The van der Waals surface area contributed by atoms with Gasteiger partial charge in [0.15, 0.2) is 0 Å². The van der Waals surface area contributed by atoms with Crippen LogP contribution in [0.1, 0.15) is 31.9 Å². The molecular formula is C20H25ClN4O3S. The Morgan fingerprint density at radius 3 is 2.38 bits per heavy atom. The number of carbonyl (C=O) groups excluding carboxylic acids is 1. The first-order valence-corrected chi connectivity index (χ1v) is 11.3. The molecule has 0 radical (unpaired) electrons. The van der Waals surface area contributed by atoms with Crippen LogP contribution in [0.2, 0.25) is 5.02 Å². The molecule has 0 aliphatic carbocycles. The van der Waals surface area contributed by atoms with E-state index in [1.165, 1.54) is 16.4 Å². The highest BCUT2D eigenvalue weighted by atomic mass is 35.5. The first-order chi connectivity index (χ1) is 13.9. The van der Waals surface area contributed by atoms with Crippen molar-refractivity contribution in [2.75, 3.05) is 18.4 Å². The van der Waals surface area contributed by atoms with Gasteiger partial charge in [-0.25, -0.2) is 19.3 Å². The summed E-state index contributed by atoms with van der Waals surface area (Å²) in [4.78, 5) is 12.8. The van der Waals surface area contributed by atoms with Crippen LogP contribution < -0.4 is 16.2 Å². The summed E-state index contributed by atoms with van der Waals surface area (Å²) in [6.07, 6.45) is 0.546. The molecule has 0 aromatic heterocycles. The number of amides is 1. The Morgan fingerprint density at radius 2 is 1.76 bits per heavy atom. The zero-order valence-electron chi connectivity index (χ0n) is 16.4. The van der Waals surface area contributed by atoms with Gasteiger partial charge in [-0.1, -0.05) is 43.6 Å². The number of nitrogens with zero attached hydrogens (tertiary/aromatic N) is 1. The van der Waals surface area contributed by atoms with Gasteiger partial charge in [-0.15, -0.1) is 0 Å². The zero-order chi connectivity index (χ0) is 21.0. The molecule has 2 aromatic carbocycles. The highest BCUT2D eigenvalue weighted by Crippen LogP contribution is 2.28. The second-order valence-electron chi connectivity index (χ2n) is 6.75. The van der Waals surface area contributed by atoms with E-state index in [4.69, 9.17) is 11.6 Å². The van der Waals surface area contributed by atoms with Crippen molar-refractivity contribution in [3.63, 3.8) is 0 Å². The van der Waals surface area contributed by atoms with Crippen molar-refractivity contribution in [3.8, 4) is 0 Å². The Labute approximate surface area is 176 Å². The van der Waals surface area contributed by atoms with Crippen molar-refractivity contribution in [3.05, 3.63) is 59.1 Å². The monoisotopic (exact) mass is 436 g/mol. The number of hydrogen-bond donors (Lipinski definition) is 3. The van der Waals surface area contributed by atoms with Crippen molar-refractivity contribution in [2.24, 2.45) is 0 Å². The predicted octanol–water partition coefficient (Wildman–Crippen LogP) is 2.92. The third kappa shape index (κ3) is 4.79. The Morgan fingerprint density at radius 1 is 1.10 bits per heavy atom. The molecule has 1 saturated heterocycles. The second-order valence-corrected chi connectivity index (χ2v) is 9.10. The van der Waals surface area contributed by atoms with Crippen LogP contribution in [0.25, 0.3) is 0 Å². The van der Waals surface area contributed by atoms with E-state index >= 15 is 0 Å². The Balaban J connectivity index is 1.64. The topological polar surface area (TPSA) is 90.5 Å². The Bertz CT molecular complexity index is 962. The first kappa shape index (κ1) is 21.7. The van der Waals surface area contributed by atoms with Gasteiger partial charge < -0.3 is 5.32 Å². The fourth-order valence-electron chi connectivity index (χ4n) is 3.34. The fourth-order valence-corrected chi connectivity index (χ4v) is 5.07. The summed E-state index contributed by atoms with van der Waals surface area (Å²) in [5.41, 5.74) is 7.57. The highest BCUT2D eigenvalue weighted by Gasteiger charge is 2.31. The SMILES string of the molecule is CCN(CC)S(=O)(=O)c1ccc(NC(=O)C2CC(c3ccccc3Cl)NN2)cc1. The van der Waals surface area contributed by atoms with Gasteiger partial charge in [-0.3, -0.25) is 4.79 Å². The number of halogens is 1. The maximum Gasteiger partial charge on any atom is 0.243 e. The molecule has 3 rings (SSSR count). The Hall–Kier alpha value is -1.97. The molecule has 1 aliphatic heterocycles. The number of hydrazine groups is 1. The summed E-state index contributed by atoms with van der Waals surface area (Å²) in [6.45, 7) is 4.41. The van der Waals surface area contributed by atoms with E-state index in [1.54, 1.807) is 26.0 Å². The third-order valence-electron chi connectivity index (χ3n) is 4.97. The molecule has 2 aromatic rings. The number of rotatable bonds is 7. The number of hydrogen-bond acceptors (Lipinski definition) is 5. The molecule has 9 heteroatoms. The lowest BCUT2D eigenvalue weighted by Gasteiger charge is -2.18. The zero-order valence-corrected chi connectivity index (χ0v) is 17.9. The summed E-state index contributed by atoms with van der Waals surface area (Å²) in [7, 11) is -3.52. The number of sulfonamides is 1. The highest BCUT2D eigenvalue weighted by molar-refractivity contribution is 7.89. The molecule has 0 spiro atoms. The van der Waals surface area contributed by atoms with Crippen LogP contribution >= 0.6 is 11.6 Å². The molecule has 1 heterocycles. The smallest absolute Gasteiger partial charge is 0.243 e. The van der Waals surface area contributed by atoms with Crippen LogP contribution in [0.5, 0.6) is 0 Å². The molecule has 1 amide bonds. The van der Waals surface area contributed by atoms with E-state index in [2.05, 4.69) is 16.2 Å². The third-order valence-corrected chi connectivity index (χ3v) is 7.37. The quantitative estimate of drug-likeness (QED) is 0.620. The standard InChI is InChI=1S/C20H25ClN4O3S/c1-3-25(4-2)29(27,28)15-11-9-14(10-12-15)22-20(26)19-13-18(23-24-19)16-7-5-6-8-17(16)21/h5-12,18-19,23-24H,3-4,13H2,1-2H3,(H,22,26). The molecule has 0 saturated carbocycles. The van der Waals surface area contributed by atoms with Gasteiger partial charge in [0.05, 0.1) is 4.90 Å². The fraction of sp³-hybridized carbons (Fsp3) is 0.350. The van der Waals surface area contributed by atoms with Crippen molar-refractivity contribution >= 4 is 33.2 Å². The van der Waals surface area contributed by atoms with Crippen LogP contribution in [0, 0.1) is 0 Å². The summed E-state index contributed by atoms with van der Waals surface area (Å²) >= 11 is 6.24. The van der Waals surface area contributed by atoms with Gasteiger partial charge in [0.25, 0.3) is 0 Å². The molecule has 29 heavy (non-hydrogen) atoms. The molecule has 7 nitrogen and oxygen atoms in total. The average molecular weight is 437 g/mol. The molecule has 1 fully saturated rings. The maximum atomic E-state index is 12.6. The minimum atomic E-state index is -3.52. The van der Waals surface area contributed by atoms with Crippen LogP contribution in [0.4, 0.5) is 5.69 Å². The molecule has 3 N–H and O–H groups in total. The Kier molecular flexibility index (Phi) is 6.92. The van der Waals surface area contributed by atoms with Gasteiger partial charge in [0, 0.05) is 29.8 Å². The predicted molar refractivity (Wildman–Crippen MR) is 114 cm³/mol. The van der Waals surface area contributed by atoms with Gasteiger partial charge in [0.2, 0.25) is 15.9 Å². The lowest BCUT2D eigenvalue weighted by molar-refractivity contribution is -0.117. The van der Waals surface area contributed by atoms with Gasteiger partial charge in [0.1, 0.15) is 6.04 Å². The van der Waals surface area contributed by atoms with E-state index in [0.29, 0.717) is 30.2 Å². The van der Waals surface area contributed by atoms with E-state index in [9.17, 15) is 13.2 Å². The summed E-state index contributed by atoms with van der Waals surface area (Å²) in [6, 6.07) is 13.2. The van der Waals surface area contributed by atoms with Gasteiger partial charge >= 0.3 is 0 Å². The molecule has 156 valence electrons.